The molecule has 0 aromatic heterocycles. The molecule has 0 aromatic carbocycles. The fourth-order valence-corrected chi connectivity index (χ4v) is 5.37. The molecule has 4 atom stereocenters. The molecule has 0 spiro atoms. The number of aliphatic hydroxyl groups is 2. The number of likely N-dealkylation sites (tertiary alicyclic amines) is 2. The molecule has 6 nitrogen and oxygen atoms in total. The molecule has 3 aliphatic heterocycles. The summed E-state index contributed by atoms with van der Waals surface area (Å²) in [7, 11) is 0. The van der Waals surface area contributed by atoms with Gasteiger partial charge >= 0.3 is 0 Å². The minimum Gasteiger partial charge on any atom is -0.390 e. The van der Waals surface area contributed by atoms with Crippen molar-refractivity contribution in [2.45, 2.75) is 51.7 Å². The van der Waals surface area contributed by atoms with E-state index in [2.05, 4.69) is 33.4 Å². The number of β-amino-alcohol motifs (C(OH)–C–C–N with tert-alkyl or cyclic N) is 2. The van der Waals surface area contributed by atoms with Gasteiger partial charge < -0.3 is 20.0 Å². The average Bonchev–Trinajstić information content (AvgIpc) is 2.63. The van der Waals surface area contributed by atoms with Crippen molar-refractivity contribution in [1.82, 2.24) is 19.6 Å². The fourth-order valence-electron chi connectivity index (χ4n) is 5.37. The monoisotopic (exact) mass is 396 g/mol. The molecule has 3 fully saturated rings. The molecular weight excluding hydrogens is 352 g/mol. The topological polar surface area (TPSA) is 53.4 Å². The molecule has 0 radical (unpaired) electrons. The van der Waals surface area contributed by atoms with Gasteiger partial charge in [0.2, 0.25) is 0 Å². The van der Waals surface area contributed by atoms with Crippen molar-refractivity contribution < 1.29 is 10.2 Å². The summed E-state index contributed by atoms with van der Waals surface area (Å²) < 4.78 is 0. The summed E-state index contributed by atoms with van der Waals surface area (Å²) in [5.74, 6) is 1.54. The second-order valence-electron chi connectivity index (χ2n) is 9.92. The molecule has 164 valence electrons. The van der Waals surface area contributed by atoms with Gasteiger partial charge in [0.05, 0.1) is 12.2 Å². The highest BCUT2D eigenvalue weighted by atomic mass is 16.3. The Morgan fingerprint density at radius 2 is 0.964 bits per heavy atom. The quantitative estimate of drug-likeness (QED) is 0.633. The minimum absolute atomic E-state index is 0.247. The van der Waals surface area contributed by atoms with Crippen LogP contribution in [0.4, 0.5) is 0 Å². The largest absolute Gasteiger partial charge is 0.390 e. The number of aliphatic hydroxyl groups excluding tert-OH is 2. The summed E-state index contributed by atoms with van der Waals surface area (Å²) in [4.78, 5) is 9.67. The van der Waals surface area contributed by atoms with E-state index in [9.17, 15) is 10.2 Å². The van der Waals surface area contributed by atoms with Crippen LogP contribution in [0.15, 0.2) is 0 Å². The lowest BCUT2D eigenvalue weighted by atomic mass is 10.00. The number of nitrogens with zero attached hydrogens (tertiary/aromatic N) is 4. The SMILES string of the molecule is C[C@H]1CCCN(C[C@H](O)CN2CCN(C[C@@H](O)CN3CCC[C@H](C)C3)CC2)C1. The molecule has 28 heavy (non-hydrogen) atoms. The lowest BCUT2D eigenvalue weighted by Gasteiger charge is -2.38. The molecule has 0 saturated carbocycles. The molecule has 2 N–H and O–H groups in total. The smallest absolute Gasteiger partial charge is 0.0793 e. The van der Waals surface area contributed by atoms with Crippen LogP contribution < -0.4 is 0 Å². The molecule has 6 heteroatoms. The Balaban J connectivity index is 1.29. The van der Waals surface area contributed by atoms with Crippen LogP contribution in [0.2, 0.25) is 0 Å². The van der Waals surface area contributed by atoms with E-state index in [4.69, 9.17) is 0 Å². The van der Waals surface area contributed by atoms with E-state index in [-0.39, 0.29) is 12.2 Å². The Morgan fingerprint density at radius 3 is 1.32 bits per heavy atom. The molecule has 3 saturated heterocycles. The second kappa shape index (κ2) is 11.2. The maximum atomic E-state index is 10.5. The lowest BCUT2D eigenvalue weighted by Crippen LogP contribution is -2.52. The van der Waals surface area contributed by atoms with Gasteiger partial charge in [0, 0.05) is 65.4 Å². The van der Waals surface area contributed by atoms with Gasteiger partial charge in [0.1, 0.15) is 0 Å². The van der Waals surface area contributed by atoms with E-state index in [1.165, 1.54) is 25.7 Å². The molecule has 0 bridgehead atoms. The third kappa shape index (κ3) is 7.54. The number of piperidine rings is 2. The number of rotatable bonds is 8. The predicted octanol–water partition coefficient (Wildman–Crippen LogP) is 0.790. The second-order valence-corrected chi connectivity index (χ2v) is 9.92. The van der Waals surface area contributed by atoms with E-state index in [1.54, 1.807) is 0 Å². The normalized spacial score (nSPS) is 31.7. The van der Waals surface area contributed by atoms with E-state index < -0.39 is 0 Å². The fraction of sp³-hybridized carbons (Fsp3) is 1.00. The lowest BCUT2D eigenvalue weighted by molar-refractivity contribution is 0.0210. The molecule has 3 aliphatic rings. The van der Waals surface area contributed by atoms with E-state index >= 15 is 0 Å². The first-order chi connectivity index (χ1) is 13.5. The zero-order valence-electron chi connectivity index (χ0n) is 18.3. The molecule has 0 unspecified atom stereocenters. The summed E-state index contributed by atoms with van der Waals surface area (Å²) >= 11 is 0. The molecule has 3 heterocycles. The first-order valence-corrected chi connectivity index (χ1v) is 11.7. The third-order valence-corrected chi connectivity index (χ3v) is 6.82. The van der Waals surface area contributed by atoms with Crippen molar-refractivity contribution in [2.75, 3.05) is 78.5 Å². The average molecular weight is 397 g/mol. The highest BCUT2D eigenvalue weighted by molar-refractivity contribution is 4.80. The van der Waals surface area contributed by atoms with Crippen LogP contribution in [-0.4, -0.2) is 121 Å². The molecule has 0 aliphatic carbocycles. The Bertz CT molecular complexity index is 404. The van der Waals surface area contributed by atoms with Crippen molar-refractivity contribution in [2.24, 2.45) is 11.8 Å². The zero-order valence-corrected chi connectivity index (χ0v) is 18.3. The highest BCUT2D eigenvalue weighted by Crippen LogP contribution is 2.17. The van der Waals surface area contributed by atoms with E-state index in [0.717, 1.165) is 90.4 Å². The summed E-state index contributed by atoms with van der Waals surface area (Å²) in [6, 6.07) is 0. The predicted molar refractivity (Wildman–Crippen MR) is 115 cm³/mol. The third-order valence-electron chi connectivity index (χ3n) is 6.82. The Kier molecular flexibility index (Phi) is 9.00. The summed E-state index contributed by atoms with van der Waals surface area (Å²) in [6.45, 7) is 16.4. The first kappa shape index (κ1) is 22.4. The number of hydrogen-bond acceptors (Lipinski definition) is 6. The van der Waals surface area contributed by atoms with Gasteiger partial charge in [0.25, 0.3) is 0 Å². The summed E-state index contributed by atoms with van der Waals surface area (Å²) in [5, 5.41) is 21.0. The minimum atomic E-state index is -0.247. The first-order valence-electron chi connectivity index (χ1n) is 11.7. The Labute approximate surface area is 172 Å². The Hall–Kier alpha value is -0.240. The van der Waals surface area contributed by atoms with Crippen LogP contribution in [0.3, 0.4) is 0 Å². The van der Waals surface area contributed by atoms with Gasteiger partial charge in [-0.25, -0.2) is 0 Å². The van der Waals surface area contributed by atoms with Gasteiger partial charge in [-0.05, 0) is 50.6 Å². The Morgan fingerprint density at radius 1 is 0.607 bits per heavy atom. The highest BCUT2D eigenvalue weighted by Gasteiger charge is 2.25. The number of hydrogen-bond donors (Lipinski definition) is 2. The van der Waals surface area contributed by atoms with Crippen molar-refractivity contribution in [3.05, 3.63) is 0 Å². The molecular formula is C22H44N4O2. The maximum Gasteiger partial charge on any atom is 0.0793 e. The van der Waals surface area contributed by atoms with Crippen LogP contribution in [0.1, 0.15) is 39.5 Å². The van der Waals surface area contributed by atoms with E-state index in [0.29, 0.717) is 0 Å². The van der Waals surface area contributed by atoms with Crippen LogP contribution in [0.5, 0.6) is 0 Å². The summed E-state index contributed by atoms with van der Waals surface area (Å²) in [6.07, 6.45) is 4.71. The maximum absolute atomic E-state index is 10.5. The number of piperazine rings is 1. The molecule has 3 rings (SSSR count). The van der Waals surface area contributed by atoms with Crippen LogP contribution >= 0.6 is 0 Å². The standard InChI is InChI=1S/C22H44N4O2/c1-19-5-3-7-25(13-19)17-21(27)15-23-9-11-24(12-10-23)16-22(28)18-26-8-4-6-20(2)14-26/h19-22,27-28H,3-18H2,1-2H3/t19-,20-,21+,22+/m0/s1. The van der Waals surface area contributed by atoms with E-state index in [1.807, 2.05) is 0 Å². The van der Waals surface area contributed by atoms with Gasteiger partial charge in [-0.15, -0.1) is 0 Å². The van der Waals surface area contributed by atoms with Crippen molar-refractivity contribution in [1.29, 1.82) is 0 Å². The van der Waals surface area contributed by atoms with Crippen molar-refractivity contribution in [3.63, 3.8) is 0 Å². The van der Waals surface area contributed by atoms with Crippen LogP contribution in [-0.2, 0) is 0 Å². The van der Waals surface area contributed by atoms with Gasteiger partial charge in [-0.2, -0.15) is 0 Å². The summed E-state index contributed by atoms with van der Waals surface area (Å²) in [5.41, 5.74) is 0. The van der Waals surface area contributed by atoms with Gasteiger partial charge in [-0.3, -0.25) is 9.80 Å². The van der Waals surface area contributed by atoms with Gasteiger partial charge in [-0.1, -0.05) is 13.8 Å². The van der Waals surface area contributed by atoms with Crippen molar-refractivity contribution in [3.8, 4) is 0 Å². The molecule has 0 amide bonds. The van der Waals surface area contributed by atoms with Crippen LogP contribution in [0.25, 0.3) is 0 Å². The molecule has 0 aromatic rings. The van der Waals surface area contributed by atoms with Gasteiger partial charge in [0.15, 0.2) is 0 Å². The van der Waals surface area contributed by atoms with Crippen molar-refractivity contribution >= 4 is 0 Å². The zero-order chi connectivity index (χ0) is 19.9. The van der Waals surface area contributed by atoms with Crippen LogP contribution in [0, 0.1) is 11.8 Å².